The van der Waals surface area contributed by atoms with Crippen molar-refractivity contribution in [1.29, 1.82) is 0 Å². The number of ether oxygens (including phenoxy) is 1. The van der Waals surface area contributed by atoms with Crippen LogP contribution in [-0.2, 0) is 11.3 Å². The molecule has 1 aromatic heterocycles. The molecule has 2 rings (SSSR count). The molecule has 0 aliphatic carbocycles. The third-order valence-electron chi connectivity index (χ3n) is 3.08. The van der Waals surface area contributed by atoms with Crippen molar-refractivity contribution in [2.75, 3.05) is 12.3 Å². The van der Waals surface area contributed by atoms with E-state index in [9.17, 15) is 4.79 Å². The van der Waals surface area contributed by atoms with Gasteiger partial charge in [0, 0.05) is 30.7 Å². The largest absolute Gasteiger partial charge is 0.493 e. The first-order valence-electron chi connectivity index (χ1n) is 6.79. The average molecular weight is 285 g/mol. The summed E-state index contributed by atoms with van der Waals surface area (Å²) in [6.45, 7) is 2.80. The molecule has 5 nitrogen and oxygen atoms in total. The summed E-state index contributed by atoms with van der Waals surface area (Å²) in [6, 6.07) is 9.07. The van der Waals surface area contributed by atoms with E-state index in [0.717, 1.165) is 11.1 Å². The van der Waals surface area contributed by atoms with Gasteiger partial charge in [0.25, 0.3) is 0 Å². The lowest BCUT2D eigenvalue weighted by molar-refractivity contribution is -0.121. The van der Waals surface area contributed by atoms with E-state index in [-0.39, 0.29) is 5.91 Å². The fourth-order valence-corrected chi connectivity index (χ4v) is 1.83. The fourth-order valence-electron chi connectivity index (χ4n) is 1.83. The molecule has 0 bridgehead atoms. The highest BCUT2D eigenvalue weighted by Gasteiger charge is 2.04. The number of rotatable bonds is 6. The van der Waals surface area contributed by atoms with Gasteiger partial charge in [-0.2, -0.15) is 0 Å². The van der Waals surface area contributed by atoms with Gasteiger partial charge < -0.3 is 15.8 Å². The van der Waals surface area contributed by atoms with E-state index in [1.165, 1.54) is 0 Å². The second-order valence-electron chi connectivity index (χ2n) is 4.75. The Labute approximate surface area is 124 Å². The molecule has 2 aromatic rings. The SMILES string of the molecule is Cc1ccncc1CNC(=O)CCOc1cccc(N)c1. The highest BCUT2D eigenvalue weighted by Crippen LogP contribution is 2.14. The van der Waals surface area contributed by atoms with Crippen LogP contribution in [0, 0.1) is 6.92 Å². The van der Waals surface area contributed by atoms with Crippen molar-refractivity contribution in [3.8, 4) is 5.75 Å². The first kappa shape index (κ1) is 14.8. The summed E-state index contributed by atoms with van der Waals surface area (Å²) in [7, 11) is 0. The number of carbonyl (C=O) groups excluding carboxylic acids is 1. The van der Waals surface area contributed by atoms with Crippen LogP contribution in [0.5, 0.6) is 5.75 Å². The molecule has 1 aromatic carbocycles. The van der Waals surface area contributed by atoms with Gasteiger partial charge in [0.2, 0.25) is 5.91 Å². The quantitative estimate of drug-likeness (QED) is 0.796. The highest BCUT2D eigenvalue weighted by molar-refractivity contribution is 5.76. The Morgan fingerprint density at radius 2 is 2.24 bits per heavy atom. The molecular weight excluding hydrogens is 266 g/mol. The Morgan fingerprint density at radius 1 is 1.38 bits per heavy atom. The summed E-state index contributed by atoms with van der Waals surface area (Å²) >= 11 is 0. The van der Waals surface area contributed by atoms with Crippen LogP contribution in [0.15, 0.2) is 42.7 Å². The average Bonchev–Trinajstić information content (AvgIpc) is 2.46. The smallest absolute Gasteiger partial charge is 0.223 e. The minimum Gasteiger partial charge on any atom is -0.493 e. The van der Waals surface area contributed by atoms with Crippen molar-refractivity contribution >= 4 is 11.6 Å². The molecular formula is C16H19N3O2. The molecule has 0 atom stereocenters. The van der Waals surface area contributed by atoms with Gasteiger partial charge in [-0.15, -0.1) is 0 Å². The van der Waals surface area contributed by atoms with Crippen LogP contribution >= 0.6 is 0 Å². The van der Waals surface area contributed by atoms with Crippen LogP contribution in [0.2, 0.25) is 0 Å². The van der Waals surface area contributed by atoms with Crippen molar-refractivity contribution < 1.29 is 9.53 Å². The number of carbonyl (C=O) groups is 1. The monoisotopic (exact) mass is 285 g/mol. The summed E-state index contributed by atoms with van der Waals surface area (Å²) in [6.07, 6.45) is 3.80. The number of pyridine rings is 1. The van der Waals surface area contributed by atoms with E-state index in [0.29, 0.717) is 31.0 Å². The van der Waals surface area contributed by atoms with Gasteiger partial charge in [-0.3, -0.25) is 9.78 Å². The van der Waals surface area contributed by atoms with E-state index in [1.807, 2.05) is 25.1 Å². The minimum absolute atomic E-state index is 0.0536. The minimum atomic E-state index is -0.0536. The molecule has 0 unspecified atom stereocenters. The van der Waals surface area contributed by atoms with Crippen LogP contribution in [0.3, 0.4) is 0 Å². The number of nitrogen functional groups attached to an aromatic ring is 1. The van der Waals surface area contributed by atoms with Crippen LogP contribution in [0.4, 0.5) is 5.69 Å². The first-order chi connectivity index (χ1) is 10.1. The van der Waals surface area contributed by atoms with Crippen molar-refractivity contribution in [3.63, 3.8) is 0 Å². The van der Waals surface area contributed by atoms with E-state index in [1.54, 1.807) is 24.5 Å². The molecule has 5 heteroatoms. The van der Waals surface area contributed by atoms with Crippen LogP contribution < -0.4 is 15.8 Å². The van der Waals surface area contributed by atoms with Crippen molar-refractivity contribution in [2.45, 2.75) is 19.9 Å². The first-order valence-corrected chi connectivity index (χ1v) is 6.79. The summed E-state index contributed by atoms with van der Waals surface area (Å²) in [4.78, 5) is 15.8. The van der Waals surface area contributed by atoms with Gasteiger partial charge in [0.05, 0.1) is 13.0 Å². The topological polar surface area (TPSA) is 77.2 Å². The number of nitrogens with zero attached hydrogens (tertiary/aromatic N) is 1. The Morgan fingerprint density at radius 3 is 3.00 bits per heavy atom. The molecule has 0 saturated carbocycles. The molecule has 0 spiro atoms. The Balaban J connectivity index is 1.72. The Hall–Kier alpha value is -2.56. The van der Waals surface area contributed by atoms with Crippen LogP contribution in [-0.4, -0.2) is 17.5 Å². The highest BCUT2D eigenvalue weighted by atomic mass is 16.5. The lowest BCUT2D eigenvalue weighted by atomic mass is 10.1. The lowest BCUT2D eigenvalue weighted by Crippen LogP contribution is -2.24. The molecule has 1 amide bonds. The van der Waals surface area contributed by atoms with Crippen molar-refractivity contribution in [2.24, 2.45) is 0 Å². The van der Waals surface area contributed by atoms with E-state index >= 15 is 0 Å². The Bertz CT molecular complexity index is 614. The number of aryl methyl sites for hydroxylation is 1. The number of anilines is 1. The molecule has 110 valence electrons. The third-order valence-corrected chi connectivity index (χ3v) is 3.08. The van der Waals surface area contributed by atoms with Gasteiger partial charge >= 0.3 is 0 Å². The van der Waals surface area contributed by atoms with Gasteiger partial charge in [-0.05, 0) is 36.2 Å². The molecule has 21 heavy (non-hydrogen) atoms. The number of amides is 1. The van der Waals surface area contributed by atoms with Crippen LogP contribution in [0.25, 0.3) is 0 Å². The zero-order chi connectivity index (χ0) is 15.1. The Kier molecular flexibility index (Phi) is 5.15. The standard InChI is InChI=1S/C16H19N3O2/c1-12-5-7-18-10-13(12)11-19-16(20)6-8-21-15-4-2-3-14(17)9-15/h2-5,7,9-10H,6,8,11,17H2,1H3,(H,19,20). The number of benzene rings is 1. The molecule has 1 heterocycles. The number of aromatic nitrogens is 1. The summed E-state index contributed by atoms with van der Waals surface area (Å²) in [5, 5.41) is 2.85. The zero-order valence-electron chi connectivity index (χ0n) is 12.0. The maximum Gasteiger partial charge on any atom is 0.223 e. The van der Waals surface area contributed by atoms with Gasteiger partial charge in [0.1, 0.15) is 5.75 Å². The molecule has 0 fully saturated rings. The zero-order valence-corrected chi connectivity index (χ0v) is 12.0. The number of hydrogen-bond donors (Lipinski definition) is 2. The second kappa shape index (κ2) is 7.28. The summed E-state index contributed by atoms with van der Waals surface area (Å²) < 4.78 is 5.48. The lowest BCUT2D eigenvalue weighted by Gasteiger charge is -2.09. The van der Waals surface area contributed by atoms with Gasteiger partial charge in [0.15, 0.2) is 0 Å². The number of nitrogens with one attached hydrogen (secondary N) is 1. The maximum atomic E-state index is 11.7. The summed E-state index contributed by atoms with van der Waals surface area (Å²) in [5.41, 5.74) is 8.42. The number of nitrogens with two attached hydrogens (primary N) is 1. The summed E-state index contributed by atoms with van der Waals surface area (Å²) in [5.74, 6) is 0.619. The molecule has 0 aliphatic rings. The van der Waals surface area contributed by atoms with Crippen LogP contribution in [0.1, 0.15) is 17.5 Å². The fraction of sp³-hybridized carbons (Fsp3) is 0.250. The van der Waals surface area contributed by atoms with Crippen molar-refractivity contribution in [3.05, 3.63) is 53.9 Å². The molecule has 3 N–H and O–H groups in total. The third kappa shape index (κ3) is 4.80. The predicted octanol–water partition coefficient (Wildman–Crippen LogP) is 2.06. The van der Waals surface area contributed by atoms with Gasteiger partial charge in [-0.1, -0.05) is 6.07 Å². The van der Waals surface area contributed by atoms with Gasteiger partial charge in [-0.25, -0.2) is 0 Å². The molecule has 0 saturated heterocycles. The molecule has 0 radical (unpaired) electrons. The normalized spacial score (nSPS) is 10.1. The van der Waals surface area contributed by atoms with Crippen molar-refractivity contribution in [1.82, 2.24) is 10.3 Å². The number of hydrogen-bond acceptors (Lipinski definition) is 4. The second-order valence-corrected chi connectivity index (χ2v) is 4.75. The molecule has 0 aliphatic heterocycles. The maximum absolute atomic E-state index is 11.7. The van der Waals surface area contributed by atoms with E-state index in [4.69, 9.17) is 10.5 Å². The predicted molar refractivity (Wildman–Crippen MR) is 81.8 cm³/mol. The van der Waals surface area contributed by atoms with E-state index < -0.39 is 0 Å². The van der Waals surface area contributed by atoms with E-state index in [2.05, 4.69) is 10.3 Å².